The van der Waals surface area contributed by atoms with Gasteiger partial charge in [-0.2, -0.15) is 5.26 Å². The summed E-state index contributed by atoms with van der Waals surface area (Å²) in [5.74, 6) is -1.15. The van der Waals surface area contributed by atoms with Crippen molar-refractivity contribution in [2.45, 2.75) is 13.3 Å². The molecule has 1 unspecified atom stereocenters. The maximum Gasteiger partial charge on any atom is 0.323 e. The molecule has 0 N–H and O–H groups in total. The number of nitrogens with zero attached hydrogens (tertiary/aromatic N) is 1. The zero-order valence-corrected chi connectivity index (χ0v) is 11.1. The molecule has 3 nitrogen and oxygen atoms in total. The number of hydrogen-bond acceptors (Lipinski definition) is 3. The number of esters is 1. The summed E-state index contributed by atoms with van der Waals surface area (Å²) in [6.45, 7) is 2.04. The molecule has 0 saturated carbocycles. The van der Waals surface area contributed by atoms with Gasteiger partial charge in [0, 0.05) is 3.57 Å². The lowest BCUT2D eigenvalue weighted by atomic mass is 10.0. The molecule has 0 amide bonds. The molecule has 0 radical (unpaired) electrons. The molecule has 0 saturated heterocycles. The molecule has 1 rings (SSSR count). The molecule has 0 aliphatic heterocycles. The Morgan fingerprint density at radius 1 is 1.56 bits per heavy atom. The molecule has 0 aliphatic carbocycles. The van der Waals surface area contributed by atoms with E-state index in [-0.39, 0.29) is 0 Å². The first kappa shape index (κ1) is 13.0. The van der Waals surface area contributed by atoms with Crippen LogP contribution in [0.4, 0.5) is 0 Å². The van der Waals surface area contributed by atoms with Crippen molar-refractivity contribution >= 4 is 28.6 Å². The van der Waals surface area contributed by atoms with E-state index in [4.69, 9.17) is 10.00 Å². The van der Waals surface area contributed by atoms with Gasteiger partial charge in [0.05, 0.1) is 12.7 Å². The Hall–Kier alpha value is -1.09. The van der Waals surface area contributed by atoms with Crippen LogP contribution in [-0.2, 0) is 16.0 Å². The number of ether oxygens (including phenoxy) is 1. The highest BCUT2D eigenvalue weighted by Crippen LogP contribution is 2.16. The van der Waals surface area contributed by atoms with Gasteiger partial charge in [0.2, 0.25) is 0 Å². The lowest BCUT2D eigenvalue weighted by Crippen LogP contribution is -2.18. The molecule has 0 heterocycles. The molecular weight excluding hydrogens is 317 g/mol. The van der Waals surface area contributed by atoms with Crippen molar-refractivity contribution in [3.05, 3.63) is 33.4 Å². The number of rotatable bonds is 4. The fourth-order valence-corrected chi connectivity index (χ4v) is 1.92. The minimum Gasteiger partial charge on any atom is -0.465 e. The molecular formula is C12H12INO2. The van der Waals surface area contributed by atoms with Crippen molar-refractivity contribution in [1.29, 1.82) is 5.26 Å². The maximum absolute atomic E-state index is 11.4. The summed E-state index contributed by atoms with van der Waals surface area (Å²) in [4.78, 5) is 11.4. The van der Waals surface area contributed by atoms with Crippen LogP contribution in [0.1, 0.15) is 12.5 Å². The quantitative estimate of drug-likeness (QED) is 0.630. The molecule has 0 aliphatic rings. The number of hydrogen-bond donors (Lipinski definition) is 0. The van der Waals surface area contributed by atoms with E-state index in [1.54, 1.807) is 6.92 Å². The summed E-state index contributed by atoms with van der Waals surface area (Å²) >= 11 is 2.19. The monoisotopic (exact) mass is 329 g/mol. The van der Waals surface area contributed by atoms with Crippen LogP contribution in [0.5, 0.6) is 0 Å². The van der Waals surface area contributed by atoms with E-state index in [1.807, 2.05) is 30.3 Å². The van der Waals surface area contributed by atoms with E-state index >= 15 is 0 Å². The Labute approximate surface area is 109 Å². The molecule has 1 aromatic carbocycles. The summed E-state index contributed by atoms with van der Waals surface area (Å²) in [6.07, 6.45) is 0.411. The van der Waals surface area contributed by atoms with E-state index in [0.717, 1.165) is 9.13 Å². The Bertz CT molecular complexity index is 412. The minimum absolute atomic E-state index is 0.308. The molecule has 16 heavy (non-hydrogen) atoms. The van der Waals surface area contributed by atoms with Crippen LogP contribution in [0.3, 0.4) is 0 Å². The summed E-state index contributed by atoms with van der Waals surface area (Å²) < 4.78 is 5.90. The second-order valence-electron chi connectivity index (χ2n) is 3.23. The van der Waals surface area contributed by atoms with Crippen LogP contribution in [0.2, 0.25) is 0 Å². The van der Waals surface area contributed by atoms with Crippen LogP contribution in [0.25, 0.3) is 0 Å². The van der Waals surface area contributed by atoms with Crippen LogP contribution in [0, 0.1) is 20.8 Å². The van der Waals surface area contributed by atoms with Gasteiger partial charge in [-0.1, -0.05) is 18.2 Å². The summed E-state index contributed by atoms with van der Waals surface area (Å²) in [6, 6.07) is 9.69. The highest BCUT2D eigenvalue weighted by molar-refractivity contribution is 14.1. The molecule has 4 heteroatoms. The van der Waals surface area contributed by atoms with E-state index in [2.05, 4.69) is 22.6 Å². The molecule has 1 aromatic rings. The Balaban J connectivity index is 2.75. The van der Waals surface area contributed by atoms with Crippen molar-refractivity contribution in [3.63, 3.8) is 0 Å². The molecule has 84 valence electrons. The van der Waals surface area contributed by atoms with Gasteiger partial charge in [-0.15, -0.1) is 0 Å². The Morgan fingerprint density at radius 2 is 2.25 bits per heavy atom. The van der Waals surface area contributed by atoms with Crippen LogP contribution in [-0.4, -0.2) is 12.6 Å². The van der Waals surface area contributed by atoms with Crippen LogP contribution in [0.15, 0.2) is 24.3 Å². The SMILES string of the molecule is CCOC(=O)C(C#N)Cc1ccccc1I. The van der Waals surface area contributed by atoms with E-state index in [1.165, 1.54) is 0 Å². The van der Waals surface area contributed by atoms with Crippen molar-refractivity contribution in [3.8, 4) is 6.07 Å². The lowest BCUT2D eigenvalue weighted by Gasteiger charge is -2.09. The highest BCUT2D eigenvalue weighted by atomic mass is 127. The molecule has 0 fully saturated rings. The summed E-state index contributed by atoms with van der Waals surface area (Å²) in [5.41, 5.74) is 1.00. The first-order chi connectivity index (χ1) is 7.69. The second kappa shape index (κ2) is 6.48. The first-order valence-electron chi connectivity index (χ1n) is 4.98. The van der Waals surface area contributed by atoms with Gasteiger partial charge in [0.1, 0.15) is 5.92 Å². The van der Waals surface area contributed by atoms with E-state index in [0.29, 0.717) is 13.0 Å². The average molecular weight is 329 g/mol. The number of nitriles is 1. The Morgan fingerprint density at radius 3 is 2.81 bits per heavy atom. The predicted molar refractivity (Wildman–Crippen MR) is 68.6 cm³/mol. The number of benzene rings is 1. The van der Waals surface area contributed by atoms with E-state index in [9.17, 15) is 4.79 Å². The largest absolute Gasteiger partial charge is 0.465 e. The standard InChI is InChI=1S/C12H12INO2/c1-2-16-12(15)10(8-14)7-9-5-3-4-6-11(9)13/h3-6,10H,2,7H2,1H3. The molecule has 0 spiro atoms. The fourth-order valence-electron chi connectivity index (χ4n) is 1.31. The topological polar surface area (TPSA) is 50.1 Å². The van der Waals surface area contributed by atoms with Gasteiger partial charge in [-0.05, 0) is 47.6 Å². The zero-order valence-electron chi connectivity index (χ0n) is 8.94. The third-order valence-corrected chi connectivity index (χ3v) is 3.16. The smallest absolute Gasteiger partial charge is 0.323 e. The van der Waals surface area contributed by atoms with Gasteiger partial charge in [-0.3, -0.25) is 4.79 Å². The zero-order chi connectivity index (χ0) is 12.0. The normalized spacial score (nSPS) is 11.6. The second-order valence-corrected chi connectivity index (χ2v) is 4.39. The van der Waals surface area contributed by atoms with Crippen LogP contribution < -0.4 is 0 Å². The molecule has 0 aromatic heterocycles. The van der Waals surface area contributed by atoms with E-state index < -0.39 is 11.9 Å². The van der Waals surface area contributed by atoms with Crippen molar-refractivity contribution < 1.29 is 9.53 Å². The van der Waals surface area contributed by atoms with Crippen molar-refractivity contribution in [1.82, 2.24) is 0 Å². The van der Waals surface area contributed by atoms with Gasteiger partial charge in [0.25, 0.3) is 0 Å². The highest BCUT2D eigenvalue weighted by Gasteiger charge is 2.20. The minimum atomic E-state index is -0.712. The summed E-state index contributed by atoms with van der Waals surface area (Å²) in [7, 11) is 0. The van der Waals surface area contributed by atoms with Crippen LogP contribution >= 0.6 is 22.6 Å². The third kappa shape index (κ3) is 3.49. The lowest BCUT2D eigenvalue weighted by molar-refractivity contribution is -0.145. The Kier molecular flexibility index (Phi) is 5.26. The van der Waals surface area contributed by atoms with Gasteiger partial charge >= 0.3 is 5.97 Å². The third-order valence-electron chi connectivity index (χ3n) is 2.11. The fraction of sp³-hybridized carbons (Fsp3) is 0.333. The van der Waals surface area contributed by atoms with Gasteiger partial charge in [0.15, 0.2) is 0 Å². The first-order valence-corrected chi connectivity index (χ1v) is 6.06. The van der Waals surface area contributed by atoms with Crippen molar-refractivity contribution in [2.24, 2.45) is 5.92 Å². The molecule has 1 atom stereocenters. The van der Waals surface area contributed by atoms with Crippen molar-refractivity contribution in [2.75, 3.05) is 6.61 Å². The van der Waals surface area contributed by atoms with Gasteiger partial charge < -0.3 is 4.74 Å². The predicted octanol–water partition coefficient (Wildman–Crippen LogP) is 2.54. The maximum atomic E-state index is 11.4. The summed E-state index contributed by atoms with van der Waals surface area (Å²) in [5, 5.41) is 8.92. The number of carbonyl (C=O) groups excluding carboxylic acids is 1. The average Bonchev–Trinajstić information content (AvgIpc) is 2.28. The van der Waals surface area contributed by atoms with Gasteiger partial charge in [-0.25, -0.2) is 0 Å². The number of carbonyl (C=O) groups is 1. The number of halogens is 1. The molecule has 0 bridgehead atoms.